The first-order chi connectivity index (χ1) is 9.35. The minimum Gasteiger partial charge on any atom is -0.309 e. The van der Waals surface area contributed by atoms with Crippen LogP contribution in [0.3, 0.4) is 0 Å². The quantitative estimate of drug-likeness (QED) is 0.830. The number of hydrogen-bond donors (Lipinski definition) is 1. The van der Waals surface area contributed by atoms with E-state index in [9.17, 15) is 0 Å². The Morgan fingerprint density at radius 1 is 1.42 bits per heavy atom. The van der Waals surface area contributed by atoms with Gasteiger partial charge in [0.05, 0.1) is 5.69 Å². The molecule has 108 valence electrons. The van der Waals surface area contributed by atoms with E-state index >= 15 is 0 Å². The van der Waals surface area contributed by atoms with E-state index in [0.717, 1.165) is 25.4 Å². The molecule has 1 aliphatic heterocycles. The predicted molar refractivity (Wildman–Crippen MR) is 83.6 cm³/mol. The Morgan fingerprint density at radius 3 is 2.89 bits per heavy atom. The Bertz CT molecular complexity index is 358. The summed E-state index contributed by atoms with van der Waals surface area (Å²) in [5, 5.41) is 8.14. The van der Waals surface area contributed by atoms with Gasteiger partial charge in [-0.2, -0.15) is 16.9 Å². The first kappa shape index (κ1) is 14.9. The van der Waals surface area contributed by atoms with Gasteiger partial charge < -0.3 is 5.32 Å². The Balaban J connectivity index is 2.02. The molecule has 2 heterocycles. The van der Waals surface area contributed by atoms with Gasteiger partial charge in [-0.05, 0) is 55.7 Å². The van der Waals surface area contributed by atoms with Crippen molar-refractivity contribution in [2.24, 2.45) is 5.92 Å². The lowest BCUT2D eigenvalue weighted by molar-refractivity contribution is 0.357. The van der Waals surface area contributed by atoms with Crippen LogP contribution in [0.2, 0.25) is 0 Å². The molecule has 1 fully saturated rings. The summed E-state index contributed by atoms with van der Waals surface area (Å²) >= 11 is 2.11. The van der Waals surface area contributed by atoms with E-state index in [0.29, 0.717) is 6.04 Å². The van der Waals surface area contributed by atoms with E-state index in [1.807, 2.05) is 6.20 Å². The summed E-state index contributed by atoms with van der Waals surface area (Å²) in [7, 11) is 0. The molecule has 3 nitrogen and oxygen atoms in total. The van der Waals surface area contributed by atoms with Gasteiger partial charge in [0.15, 0.2) is 0 Å². The third kappa shape index (κ3) is 4.25. The van der Waals surface area contributed by atoms with Gasteiger partial charge in [0.2, 0.25) is 0 Å². The third-order valence-corrected chi connectivity index (χ3v) is 4.95. The van der Waals surface area contributed by atoms with Crippen molar-refractivity contribution in [3.05, 3.63) is 18.0 Å². The number of aryl methyl sites for hydroxylation is 1. The minimum atomic E-state index is 0.479. The highest BCUT2D eigenvalue weighted by Crippen LogP contribution is 2.31. The lowest BCUT2D eigenvalue weighted by Gasteiger charge is -2.27. The molecule has 0 aromatic carbocycles. The average molecular weight is 281 g/mol. The maximum Gasteiger partial charge on any atom is 0.0553 e. The zero-order valence-electron chi connectivity index (χ0n) is 12.3. The molecule has 0 aliphatic carbocycles. The van der Waals surface area contributed by atoms with Crippen molar-refractivity contribution in [1.82, 2.24) is 15.1 Å². The number of thioether (sulfide) groups is 1. The van der Waals surface area contributed by atoms with Crippen molar-refractivity contribution in [3.63, 3.8) is 0 Å². The fourth-order valence-corrected chi connectivity index (χ4v) is 4.11. The van der Waals surface area contributed by atoms with Crippen LogP contribution in [-0.4, -0.2) is 27.8 Å². The van der Waals surface area contributed by atoms with Gasteiger partial charge in [-0.15, -0.1) is 0 Å². The molecule has 4 heteroatoms. The highest BCUT2D eigenvalue weighted by Gasteiger charge is 2.22. The second-order valence-electron chi connectivity index (χ2n) is 5.38. The van der Waals surface area contributed by atoms with E-state index in [1.165, 1.54) is 36.5 Å². The van der Waals surface area contributed by atoms with Crippen LogP contribution in [0.1, 0.15) is 51.3 Å². The zero-order chi connectivity index (χ0) is 13.5. The Labute approximate surface area is 121 Å². The smallest absolute Gasteiger partial charge is 0.0553 e. The van der Waals surface area contributed by atoms with Crippen LogP contribution in [-0.2, 0) is 6.54 Å². The highest BCUT2D eigenvalue weighted by atomic mass is 32.2. The molecule has 0 radical (unpaired) electrons. The summed E-state index contributed by atoms with van der Waals surface area (Å²) in [5.74, 6) is 3.57. The lowest BCUT2D eigenvalue weighted by Crippen LogP contribution is -2.27. The molecule has 1 aliphatic rings. The average Bonchev–Trinajstić information content (AvgIpc) is 2.88. The summed E-state index contributed by atoms with van der Waals surface area (Å²) in [5.41, 5.74) is 1.38. The Morgan fingerprint density at radius 2 is 2.21 bits per heavy atom. The van der Waals surface area contributed by atoms with Gasteiger partial charge in [-0.25, -0.2) is 0 Å². The molecule has 0 amide bonds. The third-order valence-electron chi connectivity index (χ3n) is 3.90. The van der Waals surface area contributed by atoms with Gasteiger partial charge >= 0.3 is 0 Å². The molecule has 1 aromatic heterocycles. The normalized spacial score (nSPS) is 18.6. The molecule has 1 unspecified atom stereocenters. The molecular formula is C15H27N3S. The molecule has 0 saturated carbocycles. The maximum atomic E-state index is 4.47. The topological polar surface area (TPSA) is 29.9 Å². The van der Waals surface area contributed by atoms with Crippen molar-refractivity contribution in [2.75, 3.05) is 18.1 Å². The first-order valence-electron chi connectivity index (χ1n) is 7.68. The largest absolute Gasteiger partial charge is 0.309 e. The molecule has 2 rings (SSSR count). The standard InChI is InChI=1S/C15H27N3S/c1-3-9-18-15(5-8-17-18)14(16-4-2)12-13-6-10-19-11-7-13/h5,8,13-14,16H,3-4,6-7,9-12H2,1-2H3. The van der Waals surface area contributed by atoms with Crippen LogP contribution >= 0.6 is 11.8 Å². The van der Waals surface area contributed by atoms with Crippen LogP contribution in [0, 0.1) is 5.92 Å². The SMILES string of the molecule is CCCn1nccc1C(CC1CCSCC1)NCC. The molecule has 19 heavy (non-hydrogen) atoms. The van der Waals surface area contributed by atoms with E-state index < -0.39 is 0 Å². The van der Waals surface area contributed by atoms with Gasteiger partial charge in [-0.3, -0.25) is 4.68 Å². The summed E-state index contributed by atoms with van der Waals surface area (Å²) in [6, 6.07) is 2.67. The lowest BCUT2D eigenvalue weighted by atomic mass is 9.92. The second kappa shape index (κ2) is 7.95. The van der Waals surface area contributed by atoms with Crippen molar-refractivity contribution < 1.29 is 0 Å². The van der Waals surface area contributed by atoms with Crippen LogP contribution < -0.4 is 5.32 Å². The number of nitrogens with zero attached hydrogens (tertiary/aromatic N) is 2. The van der Waals surface area contributed by atoms with Crippen molar-refractivity contribution >= 4 is 11.8 Å². The first-order valence-corrected chi connectivity index (χ1v) is 8.83. The summed E-state index contributed by atoms with van der Waals surface area (Å²) in [6.45, 7) is 6.48. The van der Waals surface area contributed by atoms with E-state index in [4.69, 9.17) is 0 Å². The van der Waals surface area contributed by atoms with Crippen molar-refractivity contribution in [2.45, 2.75) is 52.1 Å². The van der Waals surface area contributed by atoms with E-state index in [1.54, 1.807) is 0 Å². The van der Waals surface area contributed by atoms with Gasteiger partial charge in [0, 0.05) is 18.8 Å². The van der Waals surface area contributed by atoms with Gasteiger partial charge in [0.25, 0.3) is 0 Å². The van der Waals surface area contributed by atoms with Crippen LogP contribution in [0.4, 0.5) is 0 Å². The molecular weight excluding hydrogens is 254 g/mol. The summed E-state index contributed by atoms with van der Waals surface area (Å²) < 4.78 is 2.19. The fourth-order valence-electron chi connectivity index (χ4n) is 2.91. The number of aromatic nitrogens is 2. The molecule has 1 aromatic rings. The summed E-state index contributed by atoms with van der Waals surface area (Å²) in [6.07, 6.45) is 7.13. The molecule has 1 atom stereocenters. The molecule has 1 saturated heterocycles. The van der Waals surface area contributed by atoms with E-state index in [-0.39, 0.29) is 0 Å². The monoisotopic (exact) mass is 281 g/mol. The Kier molecular flexibility index (Phi) is 6.24. The molecule has 1 N–H and O–H groups in total. The zero-order valence-corrected chi connectivity index (χ0v) is 13.1. The predicted octanol–water partition coefficient (Wildman–Crippen LogP) is 3.48. The second-order valence-corrected chi connectivity index (χ2v) is 6.61. The van der Waals surface area contributed by atoms with Gasteiger partial charge in [0.1, 0.15) is 0 Å². The van der Waals surface area contributed by atoms with E-state index in [2.05, 4.69) is 46.8 Å². The molecule has 0 bridgehead atoms. The number of nitrogens with one attached hydrogen (secondary N) is 1. The van der Waals surface area contributed by atoms with Gasteiger partial charge in [-0.1, -0.05) is 13.8 Å². The number of hydrogen-bond acceptors (Lipinski definition) is 3. The van der Waals surface area contributed by atoms with Crippen molar-refractivity contribution in [1.29, 1.82) is 0 Å². The minimum absolute atomic E-state index is 0.479. The Hall–Kier alpha value is -0.480. The fraction of sp³-hybridized carbons (Fsp3) is 0.800. The van der Waals surface area contributed by atoms with Crippen molar-refractivity contribution in [3.8, 4) is 0 Å². The van der Waals surface area contributed by atoms with Crippen LogP contribution in [0.25, 0.3) is 0 Å². The van der Waals surface area contributed by atoms with Crippen LogP contribution in [0.5, 0.6) is 0 Å². The number of rotatable bonds is 7. The summed E-state index contributed by atoms with van der Waals surface area (Å²) in [4.78, 5) is 0. The maximum absolute atomic E-state index is 4.47. The van der Waals surface area contributed by atoms with Crippen LogP contribution in [0.15, 0.2) is 12.3 Å². The highest BCUT2D eigenvalue weighted by molar-refractivity contribution is 7.99. The molecule has 0 spiro atoms.